The zero-order valence-corrected chi connectivity index (χ0v) is 17.3. The number of Topliss-reactive ketones (excluding diaryl/α,β-unsaturated/α-hetero) is 1. The molecule has 0 saturated carbocycles. The Labute approximate surface area is 173 Å². The first-order chi connectivity index (χ1) is 13.9. The molecule has 0 amide bonds. The van der Waals surface area contributed by atoms with Gasteiger partial charge < -0.3 is 15.2 Å². The first kappa shape index (κ1) is 22.8. The van der Waals surface area contributed by atoms with E-state index in [4.69, 9.17) is 15.2 Å². The summed E-state index contributed by atoms with van der Waals surface area (Å²) in [4.78, 5) is 24.7. The summed E-state index contributed by atoms with van der Waals surface area (Å²) in [6.07, 6.45) is 1.29. The number of carbonyl (C=O) groups excluding carboxylic acids is 2. The third-order valence-electron chi connectivity index (χ3n) is 4.82. The lowest BCUT2D eigenvalue weighted by Gasteiger charge is -2.25. The maximum atomic E-state index is 12.6. The van der Waals surface area contributed by atoms with Crippen LogP contribution in [0, 0.1) is 5.41 Å². The molecule has 0 bridgehead atoms. The first-order valence-electron chi connectivity index (χ1n) is 9.99. The van der Waals surface area contributed by atoms with Crippen molar-refractivity contribution in [3.05, 3.63) is 71.8 Å². The van der Waals surface area contributed by atoms with Crippen molar-refractivity contribution in [2.24, 2.45) is 11.1 Å². The molecule has 5 heteroatoms. The van der Waals surface area contributed by atoms with Crippen LogP contribution >= 0.6 is 0 Å². The highest BCUT2D eigenvalue weighted by Crippen LogP contribution is 2.26. The molecule has 5 nitrogen and oxygen atoms in total. The third-order valence-corrected chi connectivity index (χ3v) is 4.82. The van der Waals surface area contributed by atoms with Crippen LogP contribution in [0.4, 0.5) is 0 Å². The van der Waals surface area contributed by atoms with Gasteiger partial charge in [0.15, 0.2) is 0 Å². The minimum atomic E-state index is -0.827. The van der Waals surface area contributed by atoms with E-state index >= 15 is 0 Å². The van der Waals surface area contributed by atoms with E-state index in [1.54, 1.807) is 0 Å². The summed E-state index contributed by atoms with van der Waals surface area (Å²) in [5.41, 5.74) is 7.32. The van der Waals surface area contributed by atoms with Crippen molar-refractivity contribution in [1.29, 1.82) is 0 Å². The van der Waals surface area contributed by atoms with Crippen molar-refractivity contribution in [3.8, 4) is 0 Å². The lowest BCUT2D eigenvalue weighted by molar-refractivity contribution is -0.147. The molecule has 1 atom stereocenters. The highest BCUT2D eigenvalue weighted by atomic mass is 16.5. The van der Waals surface area contributed by atoms with Gasteiger partial charge in [-0.2, -0.15) is 0 Å². The van der Waals surface area contributed by atoms with Crippen LogP contribution in [0.3, 0.4) is 0 Å². The van der Waals surface area contributed by atoms with Crippen molar-refractivity contribution in [3.63, 3.8) is 0 Å². The van der Waals surface area contributed by atoms with E-state index in [0.29, 0.717) is 26.1 Å². The highest BCUT2D eigenvalue weighted by Gasteiger charge is 2.32. The average molecular weight is 398 g/mol. The molecule has 0 fully saturated rings. The summed E-state index contributed by atoms with van der Waals surface area (Å²) in [6, 6.07) is 18.5. The molecule has 0 heterocycles. The summed E-state index contributed by atoms with van der Waals surface area (Å²) >= 11 is 0. The van der Waals surface area contributed by atoms with Crippen LogP contribution in [0.15, 0.2) is 60.7 Å². The first-order valence-corrected chi connectivity index (χ1v) is 9.99. The summed E-state index contributed by atoms with van der Waals surface area (Å²) in [6.45, 7) is 4.88. The van der Waals surface area contributed by atoms with Crippen molar-refractivity contribution in [2.45, 2.75) is 52.4 Å². The van der Waals surface area contributed by atoms with Gasteiger partial charge in [0, 0.05) is 18.4 Å². The Morgan fingerprint density at radius 3 is 2.07 bits per heavy atom. The second kappa shape index (κ2) is 11.5. The predicted molar refractivity (Wildman–Crippen MR) is 113 cm³/mol. The van der Waals surface area contributed by atoms with E-state index in [2.05, 4.69) is 0 Å². The zero-order valence-electron chi connectivity index (χ0n) is 17.3. The van der Waals surface area contributed by atoms with Crippen LogP contribution in [-0.2, 0) is 32.3 Å². The fraction of sp³-hybridized carbons (Fsp3) is 0.417. The number of hydrogen-bond donors (Lipinski definition) is 1. The standard InChI is InChI=1S/C24H31NO4/c1-24(2,16-21(25)23(27)29-18-20-12-7-4-8-13-20)22(26)14-9-15-28-17-19-10-5-3-6-11-19/h3-8,10-13,21H,9,14-18,25H2,1-2H3/t21-/m0/s1. The molecule has 0 aliphatic carbocycles. The number of ketones is 1. The van der Waals surface area contributed by atoms with Gasteiger partial charge in [-0.15, -0.1) is 0 Å². The van der Waals surface area contributed by atoms with Crippen LogP contribution in [-0.4, -0.2) is 24.4 Å². The smallest absolute Gasteiger partial charge is 0.323 e. The highest BCUT2D eigenvalue weighted by molar-refractivity contribution is 5.85. The van der Waals surface area contributed by atoms with Crippen molar-refractivity contribution in [1.82, 2.24) is 0 Å². The number of esters is 1. The number of carbonyl (C=O) groups is 2. The van der Waals surface area contributed by atoms with Crippen molar-refractivity contribution in [2.75, 3.05) is 6.61 Å². The molecule has 0 saturated heterocycles. The fourth-order valence-electron chi connectivity index (χ4n) is 3.02. The summed E-state index contributed by atoms with van der Waals surface area (Å²) in [5.74, 6) is -0.409. The molecule has 0 aliphatic heterocycles. The van der Waals surface area contributed by atoms with Crippen molar-refractivity contribution >= 4 is 11.8 Å². The van der Waals surface area contributed by atoms with E-state index in [1.165, 1.54) is 0 Å². The number of hydrogen-bond acceptors (Lipinski definition) is 5. The number of benzene rings is 2. The predicted octanol–water partition coefficient (Wildman–Crippen LogP) is 4.04. The number of nitrogens with two attached hydrogens (primary N) is 1. The second-order valence-corrected chi connectivity index (χ2v) is 7.85. The van der Waals surface area contributed by atoms with Crippen LogP contribution in [0.2, 0.25) is 0 Å². The number of rotatable bonds is 12. The summed E-state index contributed by atoms with van der Waals surface area (Å²) in [5, 5.41) is 0. The Bertz CT molecular complexity index is 759. The lowest BCUT2D eigenvalue weighted by atomic mass is 9.80. The van der Waals surface area contributed by atoms with Gasteiger partial charge in [-0.3, -0.25) is 9.59 Å². The van der Waals surface area contributed by atoms with Gasteiger partial charge in [-0.25, -0.2) is 0 Å². The topological polar surface area (TPSA) is 78.6 Å². The number of ether oxygens (including phenoxy) is 2. The average Bonchev–Trinajstić information content (AvgIpc) is 2.72. The van der Waals surface area contributed by atoms with E-state index in [1.807, 2.05) is 74.5 Å². The molecular weight excluding hydrogens is 366 g/mol. The van der Waals surface area contributed by atoms with Gasteiger partial charge in [-0.1, -0.05) is 74.5 Å². The van der Waals surface area contributed by atoms with Crippen LogP contribution in [0.1, 0.15) is 44.2 Å². The maximum absolute atomic E-state index is 12.6. The molecule has 2 rings (SSSR count). The molecule has 29 heavy (non-hydrogen) atoms. The molecular formula is C24H31NO4. The molecule has 156 valence electrons. The van der Waals surface area contributed by atoms with Gasteiger partial charge in [0.25, 0.3) is 0 Å². The van der Waals surface area contributed by atoms with E-state index in [9.17, 15) is 9.59 Å². The van der Waals surface area contributed by atoms with Crippen LogP contribution in [0.5, 0.6) is 0 Å². The Morgan fingerprint density at radius 2 is 1.48 bits per heavy atom. The zero-order chi connectivity index (χ0) is 21.1. The molecule has 2 aromatic carbocycles. The minimum Gasteiger partial charge on any atom is -0.460 e. The Morgan fingerprint density at radius 1 is 0.931 bits per heavy atom. The largest absolute Gasteiger partial charge is 0.460 e. The van der Waals surface area contributed by atoms with Crippen LogP contribution in [0.25, 0.3) is 0 Å². The molecule has 0 aliphatic rings. The van der Waals surface area contributed by atoms with Crippen LogP contribution < -0.4 is 5.73 Å². The fourth-order valence-corrected chi connectivity index (χ4v) is 3.02. The second-order valence-electron chi connectivity index (χ2n) is 7.85. The van der Waals surface area contributed by atoms with Crippen molar-refractivity contribution < 1.29 is 19.1 Å². The van der Waals surface area contributed by atoms with Gasteiger partial charge in [0.05, 0.1) is 6.61 Å². The van der Waals surface area contributed by atoms with Gasteiger partial charge in [0.1, 0.15) is 18.4 Å². The van der Waals surface area contributed by atoms with Gasteiger partial charge >= 0.3 is 5.97 Å². The Balaban J connectivity index is 1.68. The monoisotopic (exact) mass is 397 g/mol. The Kier molecular flexibility index (Phi) is 9.03. The van der Waals surface area contributed by atoms with E-state index < -0.39 is 17.4 Å². The molecule has 0 spiro atoms. The molecule has 2 N–H and O–H groups in total. The quantitative estimate of drug-likeness (QED) is 0.432. The molecule has 2 aromatic rings. The molecule has 0 unspecified atom stereocenters. The lowest BCUT2D eigenvalue weighted by Crippen LogP contribution is -2.39. The Hall–Kier alpha value is -2.50. The summed E-state index contributed by atoms with van der Waals surface area (Å²) in [7, 11) is 0. The molecule has 0 aromatic heterocycles. The summed E-state index contributed by atoms with van der Waals surface area (Å²) < 4.78 is 10.9. The molecule has 0 radical (unpaired) electrons. The van der Waals surface area contributed by atoms with Gasteiger partial charge in [0.2, 0.25) is 0 Å². The minimum absolute atomic E-state index is 0.0760. The third kappa shape index (κ3) is 8.18. The SMILES string of the molecule is CC(C)(C[C@H](N)C(=O)OCc1ccccc1)C(=O)CCCOCc1ccccc1. The van der Waals surface area contributed by atoms with Gasteiger partial charge in [-0.05, 0) is 24.0 Å². The van der Waals surface area contributed by atoms with E-state index in [0.717, 1.165) is 11.1 Å². The normalized spacial score (nSPS) is 12.4. The maximum Gasteiger partial charge on any atom is 0.323 e. The van der Waals surface area contributed by atoms with E-state index in [-0.39, 0.29) is 18.8 Å².